The van der Waals surface area contributed by atoms with Gasteiger partial charge in [-0.3, -0.25) is 14.2 Å². The lowest BCUT2D eigenvalue weighted by molar-refractivity contribution is -0.137. The zero-order valence-corrected chi connectivity index (χ0v) is 20.7. The number of aromatic nitrogens is 4. The molecule has 0 spiro atoms. The number of hydrogen-bond donors (Lipinski definition) is 1. The van der Waals surface area contributed by atoms with Crippen LogP contribution in [0.1, 0.15) is 42.1 Å². The van der Waals surface area contributed by atoms with Crippen molar-refractivity contribution in [2.45, 2.75) is 39.0 Å². The standard InChI is InChI=1S/C29H25FN4O4/c1-18-6-8-19(9-7-18)16-26-32-28(33-38-26)20-10-15-23-24(17-20)31-25(4-2-3-5-27(35)36)34(29(23)37)22-13-11-21(30)12-14-22/h6-15,17H,2-5,16H2,1H3,(H,35,36). The van der Waals surface area contributed by atoms with Crippen molar-refractivity contribution in [2.75, 3.05) is 0 Å². The van der Waals surface area contributed by atoms with Crippen molar-refractivity contribution in [3.63, 3.8) is 0 Å². The SMILES string of the molecule is Cc1ccc(Cc2nc(-c3ccc4c(=O)n(-c5ccc(F)cc5)c(CCCCC(=O)O)nc4c3)no2)cc1. The minimum absolute atomic E-state index is 0.0290. The van der Waals surface area contributed by atoms with E-state index in [1.807, 2.05) is 31.2 Å². The molecule has 0 aliphatic heterocycles. The second kappa shape index (κ2) is 10.8. The molecule has 0 aliphatic carbocycles. The predicted octanol–water partition coefficient (Wildman–Crippen LogP) is 5.27. The molecular weight excluding hydrogens is 487 g/mol. The lowest BCUT2D eigenvalue weighted by Crippen LogP contribution is -2.24. The van der Waals surface area contributed by atoms with Crippen LogP contribution in [0, 0.1) is 12.7 Å². The molecular formula is C29H25FN4O4. The summed E-state index contributed by atoms with van der Waals surface area (Å²) in [7, 11) is 0. The zero-order chi connectivity index (χ0) is 26.6. The van der Waals surface area contributed by atoms with E-state index in [1.165, 1.54) is 34.4 Å². The van der Waals surface area contributed by atoms with Crippen molar-refractivity contribution < 1.29 is 18.8 Å². The van der Waals surface area contributed by atoms with Gasteiger partial charge in [0.05, 0.1) is 23.0 Å². The average Bonchev–Trinajstić information content (AvgIpc) is 3.37. The number of rotatable bonds is 9. The fraction of sp³-hybridized carbons (Fsp3) is 0.207. The molecule has 5 aromatic rings. The van der Waals surface area contributed by atoms with Crippen molar-refractivity contribution in [3.05, 3.63) is 106 Å². The summed E-state index contributed by atoms with van der Waals surface area (Å²) >= 11 is 0. The van der Waals surface area contributed by atoms with Crippen molar-refractivity contribution in [3.8, 4) is 17.1 Å². The number of benzene rings is 3. The van der Waals surface area contributed by atoms with Crippen molar-refractivity contribution in [1.82, 2.24) is 19.7 Å². The van der Waals surface area contributed by atoms with Gasteiger partial charge in [-0.1, -0.05) is 41.1 Å². The Morgan fingerprint density at radius 3 is 2.50 bits per heavy atom. The first-order valence-corrected chi connectivity index (χ1v) is 12.3. The number of nitrogens with zero attached hydrogens (tertiary/aromatic N) is 4. The Bertz CT molecular complexity index is 1660. The highest BCUT2D eigenvalue weighted by Gasteiger charge is 2.16. The summed E-state index contributed by atoms with van der Waals surface area (Å²) in [5.74, 6) is 0.0399. The van der Waals surface area contributed by atoms with Gasteiger partial charge in [-0.05, 0) is 61.7 Å². The summed E-state index contributed by atoms with van der Waals surface area (Å²) in [5.41, 5.74) is 3.53. The van der Waals surface area contributed by atoms with Gasteiger partial charge in [0.2, 0.25) is 11.7 Å². The molecule has 0 radical (unpaired) electrons. The Morgan fingerprint density at radius 2 is 1.76 bits per heavy atom. The molecule has 38 heavy (non-hydrogen) atoms. The largest absolute Gasteiger partial charge is 0.481 e. The molecule has 0 saturated carbocycles. The number of halogens is 1. The van der Waals surface area contributed by atoms with E-state index in [0.717, 1.165) is 5.56 Å². The van der Waals surface area contributed by atoms with E-state index in [4.69, 9.17) is 14.6 Å². The van der Waals surface area contributed by atoms with Gasteiger partial charge >= 0.3 is 5.97 Å². The van der Waals surface area contributed by atoms with E-state index in [0.29, 0.717) is 65.4 Å². The maximum Gasteiger partial charge on any atom is 0.303 e. The normalized spacial score (nSPS) is 11.2. The quantitative estimate of drug-likeness (QED) is 0.268. The number of fused-ring (bicyclic) bond motifs is 1. The molecule has 0 bridgehead atoms. The van der Waals surface area contributed by atoms with Crippen molar-refractivity contribution in [2.24, 2.45) is 0 Å². The van der Waals surface area contributed by atoms with Gasteiger partial charge in [0.1, 0.15) is 11.6 Å². The molecule has 192 valence electrons. The van der Waals surface area contributed by atoms with Crippen LogP contribution in [0.2, 0.25) is 0 Å². The number of hydrogen-bond acceptors (Lipinski definition) is 6. The van der Waals surface area contributed by atoms with Gasteiger partial charge in [-0.2, -0.15) is 4.98 Å². The zero-order valence-electron chi connectivity index (χ0n) is 20.7. The molecule has 2 aromatic heterocycles. The van der Waals surface area contributed by atoms with Crippen LogP contribution >= 0.6 is 0 Å². The van der Waals surface area contributed by atoms with Gasteiger partial charge in [0.15, 0.2) is 0 Å². The maximum atomic E-state index is 13.5. The molecule has 9 heteroatoms. The van der Waals surface area contributed by atoms with Gasteiger partial charge in [0.25, 0.3) is 5.56 Å². The summed E-state index contributed by atoms with van der Waals surface area (Å²) in [4.78, 5) is 33.7. The van der Waals surface area contributed by atoms with E-state index < -0.39 is 11.8 Å². The number of carboxylic acids is 1. The van der Waals surface area contributed by atoms with Crippen LogP contribution in [0.4, 0.5) is 4.39 Å². The third-order valence-corrected chi connectivity index (χ3v) is 6.27. The maximum absolute atomic E-state index is 13.5. The third kappa shape index (κ3) is 5.51. The van der Waals surface area contributed by atoms with Gasteiger partial charge in [-0.15, -0.1) is 0 Å². The first kappa shape index (κ1) is 25.0. The monoisotopic (exact) mass is 512 g/mol. The van der Waals surface area contributed by atoms with Crippen molar-refractivity contribution in [1.29, 1.82) is 0 Å². The number of aryl methyl sites for hydroxylation is 2. The van der Waals surface area contributed by atoms with Crippen LogP contribution in [0.25, 0.3) is 28.0 Å². The smallest absolute Gasteiger partial charge is 0.303 e. The molecule has 2 heterocycles. The number of carboxylic acid groups (broad SMARTS) is 1. The Balaban J connectivity index is 1.50. The van der Waals surface area contributed by atoms with Crippen LogP contribution < -0.4 is 5.56 Å². The van der Waals surface area contributed by atoms with Crippen LogP contribution in [-0.2, 0) is 17.6 Å². The lowest BCUT2D eigenvalue weighted by Gasteiger charge is -2.14. The fourth-order valence-electron chi connectivity index (χ4n) is 4.28. The van der Waals surface area contributed by atoms with Gasteiger partial charge < -0.3 is 9.63 Å². The van der Waals surface area contributed by atoms with E-state index in [1.54, 1.807) is 18.2 Å². The Labute approximate surface area is 217 Å². The molecule has 3 aromatic carbocycles. The second-order valence-electron chi connectivity index (χ2n) is 9.15. The highest BCUT2D eigenvalue weighted by molar-refractivity contribution is 5.82. The number of aliphatic carboxylic acids is 1. The summed E-state index contributed by atoms with van der Waals surface area (Å²) < 4.78 is 20.5. The third-order valence-electron chi connectivity index (χ3n) is 6.27. The van der Waals surface area contributed by atoms with E-state index in [-0.39, 0.29) is 12.0 Å². The molecule has 0 amide bonds. The average molecular weight is 513 g/mol. The Morgan fingerprint density at radius 1 is 1.00 bits per heavy atom. The molecule has 0 unspecified atom stereocenters. The minimum atomic E-state index is -0.876. The summed E-state index contributed by atoms with van der Waals surface area (Å²) in [5, 5.41) is 13.5. The number of carbonyl (C=O) groups is 1. The predicted molar refractivity (Wildman–Crippen MR) is 140 cm³/mol. The van der Waals surface area contributed by atoms with E-state index >= 15 is 0 Å². The molecule has 0 saturated heterocycles. The van der Waals surface area contributed by atoms with Gasteiger partial charge in [-0.25, -0.2) is 9.37 Å². The Hall–Kier alpha value is -4.66. The molecule has 0 aliphatic rings. The summed E-state index contributed by atoms with van der Waals surface area (Å²) in [6.45, 7) is 2.03. The molecule has 0 atom stereocenters. The van der Waals surface area contributed by atoms with Crippen LogP contribution in [-0.4, -0.2) is 30.8 Å². The molecule has 0 fully saturated rings. The minimum Gasteiger partial charge on any atom is -0.481 e. The molecule has 8 nitrogen and oxygen atoms in total. The first-order valence-electron chi connectivity index (χ1n) is 12.3. The fourth-order valence-corrected chi connectivity index (χ4v) is 4.28. The lowest BCUT2D eigenvalue weighted by atomic mass is 10.1. The van der Waals surface area contributed by atoms with Crippen LogP contribution in [0.15, 0.2) is 76.0 Å². The van der Waals surface area contributed by atoms with Gasteiger partial charge in [0, 0.05) is 18.4 Å². The summed E-state index contributed by atoms with van der Waals surface area (Å²) in [6, 6.07) is 18.9. The van der Waals surface area contributed by atoms with E-state index in [2.05, 4.69) is 10.1 Å². The topological polar surface area (TPSA) is 111 Å². The second-order valence-corrected chi connectivity index (χ2v) is 9.15. The Kier molecular flexibility index (Phi) is 7.08. The molecule has 5 rings (SSSR count). The number of unbranched alkanes of at least 4 members (excludes halogenated alkanes) is 1. The molecule has 1 N–H and O–H groups in total. The highest BCUT2D eigenvalue weighted by Crippen LogP contribution is 2.23. The van der Waals surface area contributed by atoms with E-state index in [9.17, 15) is 14.0 Å². The highest BCUT2D eigenvalue weighted by atomic mass is 19.1. The summed E-state index contributed by atoms with van der Waals surface area (Å²) in [6.07, 6.45) is 1.88. The van der Waals surface area contributed by atoms with Crippen LogP contribution in [0.3, 0.4) is 0 Å². The van der Waals surface area contributed by atoms with Crippen LogP contribution in [0.5, 0.6) is 0 Å². The first-order chi connectivity index (χ1) is 18.4. The van der Waals surface area contributed by atoms with Crippen molar-refractivity contribution >= 4 is 16.9 Å².